The van der Waals surface area contributed by atoms with E-state index < -0.39 is 0 Å². The predicted octanol–water partition coefficient (Wildman–Crippen LogP) is 4.25. The Hall–Kier alpha value is -0.700. The van der Waals surface area contributed by atoms with Crippen LogP contribution in [-0.4, -0.2) is 11.1 Å². The SMILES string of the molecule is CCCCn1cc(CCN)c2ccc(Cl)c(Cl)c21. The summed E-state index contributed by atoms with van der Waals surface area (Å²) in [7, 11) is 0. The second kappa shape index (κ2) is 5.96. The third-order valence-electron chi connectivity index (χ3n) is 3.18. The molecule has 0 fully saturated rings. The van der Waals surface area contributed by atoms with Gasteiger partial charge in [-0.3, -0.25) is 0 Å². The maximum atomic E-state index is 6.34. The zero-order valence-electron chi connectivity index (χ0n) is 10.5. The molecule has 0 saturated heterocycles. The average molecular weight is 285 g/mol. The van der Waals surface area contributed by atoms with Crippen LogP contribution in [0.25, 0.3) is 10.9 Å². The van der Waals surface area contributed by atoms with Crippen LogP contribution >= 0.6 is 23.2 Å². The summed E-state index contributed by atoms with van der Waals surface area (Å²) in [4.78, 5) is 0. The molecule has 2 N–H and O–H groups in total. The minimum Gasteiger partial charge on any atom is -0.346 e. The first-order chi connectivity index (χ1) is 8.69. The van der Waals surface area contributed by atoms with Gasteiger partial charge in [-0.2, -0.15) is 0 Å². The summed E-state index contributed by atoms with van der Waals surface area (Å²) in [6, 6.07) is 3.90. The molecule has 0 bridgehead atoms. The largest absolute Gasteiger partial charge is 0.346 e. The number of rotatable bonds is 5. The number of fused-ring (bicyclic) bond motifs is 1. The molecule has 0 spiro atoms. The number of hydrogen-bond acceptors (Lipinski definition) is 1. The summed E-state index contributed by atoms with van der Waals surface area (Å²) in [5, 5.41) is 2.43. The second-order valence-electron chi connectivity index (χ2n) is 4.50. The second-order valence-corrected chi connectivity index (χ2v) is 5.28. The Labute approximate surface area is 118 Å². The smallest absolute Gasteiger partial charge is 0.0835 e. The molecule has 18 heavy (non-hydrogen) atoms. The Morgan fingerprint density at radius 2 is 2.06 bits per heavy atom. The molecule has 98 valence electrons. The van der Waals surface area contributed by atoms with Crippen molar-refractivity contribution in [2.24, 2.45) is 5.73 Å². The van der Waals surface area contributed by atoms with E-state index in [2.05, 4.69) is 17.7 Å². The van der Waals surface area contributed by atoms with Crippen LogP contribution < -0.4 is 5.73 Å². The number of benzene rings is 1. The topological polar surface area (TPSA) is 30.9 Å². The van der Waals surface area contributed by atoms with Gasteiger partial charge in [-0.1, -0.05) is 42.6 Å². The van der Waals surface area contributed by atoms with Gasteiger partial charge in [0.1, 0.15) is 0 Å². The van der Waals surface area contributed by atoms with E-state index >= 15 is 0 Å². The van der Waals surface area contributed by atoms with E-state index in [4.69, 9.17) is 28.9 Å². The molecule has 2 rings (SSSR count). The van der Waals surface area contributed by atoms with Crippen molar-refractivity contribution in [3.63, 3.8) is 0 Å². The molecule has 0 aliphatic heterocycles. The van der Waals surface area contributed by atoms with Crippen molar-refractivity contribution in [1.82, 2.24) is 4.57 Å². The summed E-state index contributed by atoms with van der Waals surface area (Å²) in [6.45, 7) is 3.80. The average Bonchev–Trinajstić information content (AvgIpc) is 2.71. The van der Waals surface area contributed by atoms with Crippen molar-refractivity contribution >= 4 is 34.1 Å². The van der Waals surface area contributed by atoms with Crippen molar-refractivity contribution in [3.05, 3.63) is 33.9 Å². The fourth-order valence-electron chi connectivity index (χ4n) is 2.26. The highest BCUT2D eigenvalue weighted by Crippen LogP contribution is 2.34. The van der Waals surface area contributed by atoms with E-state index in [1.807, 2.05) is 12.1 Å². The Bertz CT molecular complexity index is 546. The summed E-state index contributed by atoms with van der Waals surface area (Å²) in [5.41, 5.74) is 7.96. The van der Waals surface area contributed by atoms with Gasteiger partial charge in [-0.25, -0.2) is 0 Å². The molecule has 2 nitrogen and oxygen atoms in total. The van der Waals surface area contributed by atoms with Crippen LogP contribution in [-0.2, 0) is 13.0 Å². The lowest BCUT2D eigenvalue weighted by atomic mass is 10.1. The first kappa shape index (κ1) is 13.7. The highest BCUT2D eigenvalue weighted by molar-refractivity contribution is 6.45. The first-order valence-corrected chi connectivity index (χ1v) is 7.10. The molecule has 0 unspecified atom stereocenters. The molecular formula is C14H18Cl2N2. The fourth-order valence-corrected chi connectivity index (χ4v) is 2.69. The zero-order valence-corrected chi connectivity index (χ0v) is 12.1. The number of aryl methyl sites for hydroxylation is 1. The molecule has 1 heterocycles. The van der Waals surface area contributed by atoms with Gasteiger partial charge in [0.25, 0.3) is 0 Å². The van der Waals surface area contributed by atoms with Gasteiger partial charge in [-0.15, -0.1) is 0 Å². The molecule has 0 amide bonds. The van der Waals surface area contributed by atoms with E-state index in [0.717, 1.165) is 31.3 Å². The van der Waals surface area contributed by atoms with Crippen molar-refractivity contribution in [1.29, 1.82) is 0 Å². The summed E-state index contributed by atoms with van der Waals surface area (Å²) < 4.78 is 2.21. The predicted molar refractivity (Wildman–Crippen MR) is 79.6 cm³/mol. The Kier molecular flexibility index (Phi) is 4.55. The molecule has 2 aromatic rings. The van der Waals surface area contributed by atoms with Crippen molar-refractivity contribution in [2.75, 3.05) is 6.54 Å². The lowest BCUT2D eigenvalue weighted by Gasteiger charge is -2.06. The van der Waals surface area contributed by atoms with Crippen molar-refractivity contribution < 1.29 is 0 Å². The lowest BCUT2D eigenvalue weighted by molar-refractivity contribution is 0.648. The minimum absolute atomic E-state index is 0.610. The van der Waals surface area contributed by atoms with Crippen molar-refractivity contribution in [3.8, 4) is 0 Å². The van der Waals surface area contributed by atoms with E-state index in [-0.39, 0.29) is 0 Å². The maximum absolute atomic E-state index is 6.34. The van der Waals surface area contributed by atoms with Crippen molar-refractivity contribution in [2.45, 2.75) is 32.7 Å². The highest BCUT2D eigenvalue weighted by Gasteiger charge is 2.13. The third kappa shape index (κ3) is 2.51. The van der Waals surface area contributed by atoms with E-state index in [1.165, 1.54) is 10.9 Å². The Balaban J connectivity index is 2.57. The van der Waals surface area contributed by atoms with Crippen LogP contribution in [0.2, 0.25) is 10.0 Å². The molecule has 0 aliphatic carbocycles. The number of nitrogens with zero attached hydrogens (tertiary/aromatic N) is 1. The summed E-state index contributed by atoms with van der Waals surface area (Å²) in [5.74, 6) is 0. The van der Waals surface area contributed by atoms with Crippen LogP contribution in [0.15, 0.2) is 18.3 Å². The van der Waals surface area contributed by atoms with E-state index in [0.29, 0.717) is 16.6 Å². The van der Waals surface area contributed by atoms with Crippen LogP contribution in [0, 0.1) is 0 Å². The van der Waals surface area contributed by atoms with Gasteiger partial charge in [-0.05, 0) is 31.0 Å². The zero-order chi connectivity index (χ0) is 13.1. The molecule has 0 atom stereocenters. The third-order valence-corrected chi connectivity index (χ3v) is 3.97. The van der Waals surface area contributed by atoms with Gasteiger partial charge >= 0.3 is 0 Å². The molecular weight excluding hydrogens is 267 g/mol. The van der Waals surface area contributed by atoms with Gasteiger partial charge in [0.2, 0.25) is 0 Å². The Morgan fingerprint density at radius 1 is 1.28 bits per heavy atom. The quantitative estimate of drug-likeness (QED) is 0.874. The van der Waals surface area contributed by atoms with Gasteiger partial charge in [0.05, 0.1) is 15.6 Å². The van der Waals surface area contributed by atoms with Crippen LogP contribution in [0.4, 0.5) is 0 Å². The van der Waals surface area contributed by atoms with E-state index in [9.17, 15) is 0 Å². The number of aromatic nitrogens is 1. The minimum atomic E-state index is 0.610. The number of halogens is 2. The highest BCUT2D eigenvalue weighted by atomic mass is 35.5. The maximum Gasteiger partial charge on any atom is 0.0835 e. The normalized spacial score (nSPS) is 11.3. The first-order valence-electron chi connectivity index (χ1n) is 6.34. The van der Waals surface area contributed by atoms with Crippen LogP contribution in [0.5, 0.6) is 0 Å². The molecule has 1 aromatic carbocycles. The van der Waals surface area contributed by atoms with Gasteiger partial charge in [0, 0.05) is 18.1 Å². The summed E-state index contributed by atoms with van der Waals surface area (Å²) in [6.07, 6.45) is 5.32. The number of unbranched alkanes of at least 4 members (excludes halogenated alkanes) is 1. The standard InChI is InChI=1S/C14H18Cl2N2/c1-2-3-8-18-9-10(6-7-17)11-4-5-12(15)13(16)14(11)18/h4-5,9H,2-3,6-8,17H2,1H3. The molecule has 0 aliphatic rings. The van der Waals surface area contributed by atoms with E-state index in [1.54, 1.807) is 0 Å². The molecule has 1 aromatic heterocycles. The van der Waals surface area contributed by atoms with Gasteiger partial charge < -0.3 is 10.3 Å². The monoisotopic (exact) mass is 284 g/mol. The van der Waals surface area contributed by atoms with Gasteiger partial charge in [0.15, 0.2) is 0 Å². The number of hydrogen-bond donors (Lipinski definition) is 1. The lowest BCUT2D eigenvalue weighted by Crippen LogP contribution is -2.02. The molecule has 0 saturated carbocycles. The Morgan fingerprint density at radius 3 is 2.72 bits per heavy atom. The van der Waals surface area contributed by atoms with Crippen LogP contribution in [0.3, 0.4) is 0 Å². The fraction of sp³-hybridized carbons (Fsp3) is 0.429. The molecule has 0 radical (unpaired) electrons. The summed E-state index contributed by atoms with van der Waals surface area (Å²) >= 11 is 12.4. The van der Waals surface area contributed by atoms with Crippen LogP contribution in [0.1, 0.15) is 25.3 Å². The number of nitrogens with two attached hydrogens (primary N) is 1. The molecule has 4 heteroatoms.